The summed E-state index contributed by atoms with van der Waals surface area (Å²) in [6, 6.07) is 18.2. The van der Waals surface area contributed by atoms with E-state index in [1.807, 2.05) is 49.4 Å². The number of nitrogens with one attached hydrogen (secondary N) is 1. The molecular weight excluding hydrogens is 310 g/mol. The van der Waals surface area contributed by atoms with Crippen LogP contribution in [-0.2, 0) is 4.79 Å². The standard InChI is InChI=1S/C21H27N3O/c1-3-20(17-7-5-4-6-8-17)21(25)22-18-9-11-19(12-10-18)24-15-13-23(2)14-16-24/h4-12,20H,3,13-16H2,1-2H3,(H,22,25). The first kappa shape index (κ1) is 17.5. The topological polar surface area (TPSA) is 35.6 Å². The molecule has 1 atom stereocenters. The Kier molecular flexibility index (Phi) is 5.71. The van der Waals surface area contributed by atoms with Gasteiger partial charge in [0.2, 0.25) is 5.91 Å². The Morgan fingerprint density at radius 3 is 2.24 bits per heavy atom. The van der Waals surface area contributed by atoms with Crippen LogP contribution in [0.5, 0.6) is 0 Å². The van der Waals surface area contributed by atoms with Crippen molar-refractivity contribution in [3.63, 3.8) is 0 Å². The summed E-state index contributed by atoms with van der Waals surface area (Å²) in [6.07, 6.45) is 0.787. The van der Waals surface area contributed by atoms with Crippen molar-refractivity contribution in [2.75, 3.05) is 43.4 Å². The lowest BCUT2D eigenvalue weighted by Crippen LogP contribution is -2.44. The second-order valence-corrected chi connectivity index (χ2v) is 6.70. The first-order valence-corrected chi connectivity index (χ1v) is 9.06. The number of amides is 1. The Morgan fingerprint density at radius 1 is 1.00 bits per heavy atom. The molecule has 132 valence electrons. The van der Waals surface area contributed by atoms with E-state index in [2.05, 4.69) is 34.3 Å². The van der Waals surface area contributed by atoms with Gasteiger partial charge in [-0.05, 0) is 43.3 Å². The quantitative estimate of drug-likeness (QED) is 0.906. The summed E-state index contributed by atoms with van der Waals surface area (Å²) in [4.78, 5) is 17.4. The minimum atomic E-state index is -0.112. The number of hydrogen-bond acceptors (Lipinski definition) is 3. The van der Waals surface area contributed by atoms with Crippen LogP contribution in [0.25, 0.3) is 0 Å². The molecule has 0 bridgehead atoms. The van der Waals surface area contributed by atoms with Crippen molar-refractivity contribution < 1.29 is 4.79 Å². The highest BCUT2D eigenvalue weighted by molar-refractivity contribution is 5.95. The van der Waals surface area contributed by atoms with Gasteiger partial charge in [-0.25, -0.2) is 0 Å². The maximum Gasteiger partial charge on any atom is 0.231 e. The van der Waals surface area contributed by atoms with Crippen molar-refractivity contribution in [3.05, 3.63) is 60.2 Å². The highest BCUT2D eigenvalue weighted by atomic mass is 16.1. The lowest BCUT2D eigenvalue weighted by Gasteiger charge is -2.34. The van der Waals surface area contributed by atoms with Crippen molar-refractivity contribution >= 4 is 17.3 Å². The first-order valence-electron chi connectivity index (χ1n) is 9.06. The fourth-order valence-electron chi connectivity index (χ4n) is 3.31. The molecule has 4 heteroatoms. The van der Waals surface area contributed by atoms with E-state index in [0.717, 1.165) is 43.9 Å². The van der Waals surface area contributed by atoms with Crippen LogP contribution in [0.2, 0.25) is 0 Å². The highest BCUT2D eigenvalue weighted by Crippen LogP contribution is 2.23. The van der Waals surface area contributed by atoms with Gasteiger partial charge in [0.25, 0.3) is 0 Å². The van der Waals surface area contributed by atoms with E-state index in [9.17, 15) is 4.79 Å². The Bertz CT molecular complexity index is 676. The predicted molar refractivity (Wildman–Crippen MR) is 104 cm³/mol. The van der Waals surface area contributed by atoms with Gasteiger partial charge in [-0.15, -0.1) is 0 Å². The van der Waals surface area contributed by atoms with Gasteiger partial charge < -0.3 is 15.1 Å². The molecule has 0 radical (unpaired) electrons. The number of carbonyl (C=O) groups is 1. The smallest absolute Gasteiger partial charge is 0.231 e. The maximum absolute atomic E-state index is 12.6. The Labute approximate surface area is 150 Å². The van der Waals surface area contributed by atoms with Gasteiger partial charge in [-0.1, -0.05) is 37.3 Å². The van der Waals surface area contributed by atoms with E-state index < -0.39 is 0 Å². The van der Waals surface area contributed by atoms with E-state index in [1.54, 1.807) is 0 Å². The van der Waals surface area contributed by atoms with Gasteiger partial charge in [0.1, 0.15) is 0 Å². The normalized spacial score (nSPS) is 16.5. The summed E-state index contributed by atoms with van der Waals surface area (Å²) in [5, 5.41) is 3.06. The molecule has 0 aromatic heterocycles. The number of rotatable bonds is 5. The molecule has 1 aliphatic rings. The number of anilines is 2. The molecular formula is C21H27N3O. The maximum atomic E-state index is 12.6. The summed E-state index contributed by atoms with van der Waals surface area (Å²) in [6.45, 7) is 6.33. The van der Waals surface area contributed by atoms with E-state index in [-0.39, 0.29) is 11.8 Å². The molecule has 1 unspecified atom stereocenters. The van der Waals surface area contributed by atoms with Gasteiger partial charge in [-0.3, -0.25) is 4.79 Å². The SMILES string of the molecule is CCC(C(=O)Nc1ccc(N2CCN(C)CC2)cc1)c1ccccc1. The number of carbonyl (C=O) groups excluding carboxylic acids is 1. The van der Waals surface area contributed by atoms with Gasteiger partial charge in [0, 0.05) is 37.6 Å². The van der Waals surface area contributed by atoms with E-state index >= 15 is 0 Å². The molecule has 4 nitrogen and oxygen atoms in total. The lowest BCUT2D eigenvalue weighted by atomic mass is 9.95. The van der Waals surface area contributed by atoms with Crippen molar-refractivity contribution in [2.45, 2.75) is 19.3 Å². The van der Waals surface area contributed by atoms with Crippen molar-refractivity contribution in [1.82, 2.24) is 4.90 Å². The molecule has 0 aliphatic carbocycles. The Hall–Kier alpha value is -2.33. The zero-order chi connectivity index (χ0) is 17.6. The molecule has 2 aromatic carbocycles. The Balaban J connectivity index is 1.63. The lowest BCUT2D eigenvalue weighted by molar-refractivity contribution is -0.117. The van der Waals surface area contributed by atoms with Crippen molar-refractivity contribution in [2.24, 2.45) is 0 Å². The number of piperazine rings is 1. The molecule has 1 saturated heterocycles. The second-order valence-electron chi connectivity index (χ2n) is 6.70. The average Bonchev–Trinajstić information content (AvgIpc) is 2.65. The monoisotopic (exact) mass is 337 g/mol. The van der Waals surface area contributed by atoms with E-state index in [1.165, 1.54) is 5.69 Å². The molecule has 2 aromatic rings. The summed E-state index contributed by atoms with van der Waals surface area (Å²) in [5.41, 5.74) is 3.15. The molecule has 0 saturated carbocycles. The largest absolute Gasteiger partial charge is 0.369 e. The van der Waals surface area contributed by atoms with Gasteiger partial charge in [0.15, 0.2) is 0 Å². The first-order chi connectivity index (χ1) is 12.2. The number of benzene rings is 2. The minimum Gasteiger partial charge on any atom is -0.369 e. The summed E-state index contributed by atoms with van der Waals surface area (Å²) in [7, 11) is 2.16. The predicted octanol–water partition coefficient (Wildman–Crippen LogP) is 3.57. The zero-order valence-corrected chi connectivity index (χ0v) is 15.1. The fraction of sp³-hybridized carbons (Fsp3) is 0.381. The van der Waals surface area contributed by atoms with Crippen LogP contribution < -0.4 is 10.2 Å². The second kappa shape index (κ2) is 8.17. The molecule has 1 N–H and O–H groups in total. The molecule has 1 aliphatic heterocycles. The van der Waals surface area contributed by atoms with Crippen LogP contribution in [0.4, 0.5) is 11.4 Å². The summed E-state index contributed by atoms with van der Waals surface area (Å²) < 4.78 is 0. The van der Waals surface area contributed by atoms with Crippen LogP contribution in [0.15, 0.2) is 54.6 Å². The molecule has 3 rings (SSSR count). The van der Waals surface area contributed by atoms with Crippen LogP contribution in [-0.4, -0.2) is 44.0 Å². The number of nitrogens with zero attached hydrogens (tertiary/aromatic N) is 2. The number of hydrogen-bond donors (Lipinski definition) is 1. The summed E-state index contributed by atoms with van der Waals surface area (Å²) in [5.74, 6) is -0.0560. The Morgan fingerprint density at radius 2 is 1.64 bits per heavy atom. The molecule has 1 heterocycles. The minimum absolute atomic E-state index is 0.0565. The molecule has 0 spiro atoms. The van der Waals surface area contributed by atoms with Crippen LogP contribution in [0.1, 0.15) is 24.8 Å². The third-order valence-corrected chi connectivity index (χ3v) is 4.93. The number of likely N-dealkylation sites (N-methyl/N-ethyl adjacent to an activating group) is 1. The van der Waals surface area contributed by atoms with Gasteiger partial charge in [0.05, 0.1) is 5.92 Å². The average molecular weight is 337 g/mol. The van der Waals surface area contributed by atoms with Crippen LogP contribution in [0.3, 0.4) is 0 Å². The molecule has 25 heavy (non-hydrogen) atoms. The van der Waals surface area contributed by atoms with Gasteiger partial charge in [-0.2, -0.15) is 0 Å². The van der Waals surface area contributed by atoms with Crippen molar-refractivity contribution in [1.29, 1.82) is 0 Å². The van der Waals surface area contributed by atoms with E-state index in [4.69, 9.17) is 0 Å². The van der Waals surface area contributed by atoms with Crippen LogP contribution >= 0.6 is 0 Å². The third kappa shape index (κ3) is 4.40. The third-order valence-electron chi connectivity index (χ3n) is 4.93. The molecule has 1 amide bonds. The molecule has 1 fully saturated rings. The highest BCUT2D eigenvalue weighted by Gasteiger charge is 2.19. The van der Waals surface area contributed by atoms with E-state index in [0.29, 0.717) is 0 Å². The summed E-state index contributed by atoms with van der Waals surface area (Å²) >= 11 is 0. The zero-order valence-electron chi connectivity index (χ0n) is 15.1. The fourth-order valence-corrected chi connectivity index (χ4v) is 3.31. The van der Waals surface area contributed by atoms with Crippen molar-refractivity contribution in [3.8, 4) is 0 Å². The van der Waals surface area contributed by atoms with Crippen LogP contribution in [0, 0.1) is 0 Å². The van der Waals surface area contributed by atoms with Gasteiger partial charge >= 0.3 is 0 Å².